The standard InChI is InChI=1S/C7H6.CH3.3Y/c1-7-5-3-2-4-6-7;;;;/h2-5H,1H2;1H3;;;/q-2;-1;;;. The molecule has 0 atom stereocenters. The molecule has 0 N–H and O–H groups in total. The number of hydrogen-bond acceptors (Lipinski definition) is 0. The van der Waals surface area contributed by atoms with Gasteiger partial charge in [-0.05, 0) is 0 Å². The summed E-state index contributed by atoms with van der Waals surface area (Å²) in [4.78, 5) is 0. The summed E-state index contributed by atoms with van der Waals surface area (Å²) in [6, 6.07) is 10.6. The maximum absolute atomic E-state index is 3.66. The van der Waals surface area contributed by atoms with Gasteiger partial charge in [-0.3, -0.25) is 6.07 Å². The molecular weight excluding hydrogens is 363 g/mol. The Morgan fingerprint density at radius 3 is 1.82 bits per heavy atom. The van der Waals surface area contributed by atoms with E-state index in [-0.39, 0.29) is 106 Å². The van der Waals surface area contributed by atoms with Crippen molar-refractivity contribution in [2.24, 2.45) is 0 Å². The van der Waals surface area contributed by atoms with E-state index in [1.807, 2.05) is 24.3 Å². The van der Waals surface area contributed by atoms with Crippen LogP contribution in [0.25, 0.3) is 0 Å². The molecule has 0 fully saturated rings. The van der Waals surface area contributed by atoms with Crippen LogP contribution in [0.15, 0.2) is 24.3 Å². The molecule has 0 heterocycles. The van der Waals surface area contributed by atoms with Gasteiger partial charge < -0.3 is 26.0 Å². The summed E-state index contributed by atoms with van der Waals surface area (Å²) in [6.45, 7) is 3.66. The van der Waals surface area contributed by atoms with E-state index < -0.39 is 0 Å². The Morgan fingerprint density at radius 1 is 1.09 bits per heavy atom. The van der Waals surface area contributed by atoms with Crippen LogP contribution in [0.2, 0.25) is 0 Å². The summed E-state index contributed by atoms with van der Waals surface area (Å²) in [5, 5.41) is 0. The summed E-state index contributed by atoms with van der Waals surface area (Å²) in [5.74, 6) is 0. The molecule has 0 nitrogen and oxygen atoms in total. The Labute approximate surface area is 145 Å². The van der Waals surface area contributed by atoms with E-state index in [0.29, 0.717) is 0 Å². The third-order valence-electron chi connectivity index (χ3n) is 0.773. The predicted octanol–water partition coefficient (Wildman–Crippen LogP) is 2.11. The summed E-state index contributed by atoms with van der Waals surface area (Å²) >= 11 is 0. The predicted molar refractivity (Wildman–Crippen MR) is 36.2 cm³/mol. The number of hydrogen-bond donors (Lipinski definition) is 0. The minimum atomic E-state index is 0. The third-order valence-corrected chi connectivity index (χ3v) is 0.773. The molecule has 0 aliphatic carbocycles. The smallest absolute Gasteiger partial charge is 0 e. The van der Waals surface area contributed by atoms with Crippen molar-refractivity contribution in [2.75, 3.05) is 0 Å². The third kappa shape index (κ3) is 12.4. The van der Waals surface area contributed by atoms with Crippen LogP contribution in [0.1, 0.15) is 5.56 Å². The molecule has 0 unspecified atom stereocenters. The quantitative estimate of drug-likeness (QED) is 0.613. The first-order valence-electron chi connectivity index (χ1n) is 2.18. The van der Waals surface area contributed by atoms with Gasteiger partial charge >= 0.3 is 0 Å². The van der Waals surface area contributed by atoms with Gasteiger partial charge in [-0.25, -0.2) is 0 Å². The Bertz CT molecular complexity index is 139. The van der Waals surface area contributed by atoms with E-state index >= 15 is 0 Å². The fourth-order valence-corrected chi connectivity index (χ4v) is 0.431. The zero-order chi connectivity index (χ0) is 5.11. The topological polar surface area (TPSA) is 0 Å². The van der Waals surface area contributed by atoms with Gasteiger partial charge in [0.1, 0.15) is 0 Å². The molecule has 53 valence electrons. The molecule has 3 heteroatoms. The Morgan fingerprint density at radius 2 is 1.64 bits per heavy atom. The summed E-state index contributed by atoms with van der Waals surface area (Å²) < 4.78 is 0. The molecule has 0 aliphatic rings. The number of benzene rings is 1. The second kappa shape index (κ2) is 14.9. The van der Waals surface area contributed by atoms with Gasteiger partial charge in [-0.15, -0.1) is 6.07 Å². The van der Waals surface area contributed by atoms with Crippen molar-refractivity contribution in [3.63, 3.8) is 0 Å². The maximum atomic E-state index is 3.66. The SMILES string of the molecule is [CH2-]c1[c-]cccc1.[CH3-].[Y].[Y].[Y]. The molecule has 3 radical (unpaired) electrons. The summed E-state index contributed by atoms with van der Waals surface area (Å²) in [5.41, 5.74) is 0.947. The van der Waals surface area contributed by atoms with Crippen molar-refractivity contribution >= 4 is 0 Å². The van der Waals surface area contributed by atoms with E-state index in [9.17, 15) is 0 Å². The van der Waals surface area contributed by atoms with Gasteiger partial charge in [-0.2, -0.15) is 12.1 Å². The van der Waals surface area contributed by atoms with Crippen LogP contribution < -0.4 is 0 Å². The van der Waals surface area contributed by atoms with Crippen molar-refractivity contribution in [2.45, 2.75) is 0 Å². The van der Waals surface area contributed by atoms with Crippen molar-refractivity contribution in [3.8, 4) is 0 Å². The van der Waals surface area contributed by atoms with Crippen molar-refractivity contribution in [3.05, 3.63) is 50.2 Å². The van der Waals surface area contributed by atoms with Gasteiger partial charge in [-0.1, -0.05) is 0 Å². The monoisotopic (exact) mass is 372 g/mol. The molecule has 0 spiro atoms. The maximum Gasteiger partial charge on any atom is 0 e. The number of rotatable bonds is 0. The molecule has 1 aromatic carbocycles. The Kier molecular flexibility index (Phi) is 31.6. The molecule has 0 saturated heterocycles. The van der Waals surface area contributed by atoms with Gasteiger partial charge in [0.2, 0.25) is 0 Å². The van der Waals surface area contributed by atoms with Crippen molar-refractivity contribution in [1.82, 2.24) is 0 Å². The molecule has 0 aliphatic heterocycles. The molecule has 11 heavy (non-hydrogen) atoms. The first-order valence-corrected chi connectivity index (χ1v) is 2.18. The van der Waals surface area contributed by atoms with Crippen molar-refractivity contribution in [1.29, 1.82) is 0 Å². The van der Waals surface area contributed by atoms with Crippen LogP contribution in [0.4, 0.5) is 0 Å². The molecule has 0 aromatic heterocycles. The second-order valence-electron chi connectivity index (χ2n) is 1.39. The fourth-order valence-electron chi connectivity index (χ4n) is 0.431. The minimum Gasteiger partial charge on any atom is -0.374 e. The van der Waals surface area contributed by atoms with Crippen LogP contribution in [0, 0.1) is 20.4 Å². The fraction of sp³-hybridized carbons (Fsp3) is 0. The Balaban J connectivity index is -0.0000000612. The van der Waals surface area contributed by atoms with Crippen LogP contribution in [0.3, 0.4) is 0 Å². The molecule has 1 rings (SSSR count). The van der Waals surface area contributed by atoms with Crippen LogP contribution >= 0.6 is 0 Å². The van der Waals surface area contributed by atoms with Crippen LogP contribution in [-0.2, 0) is 98.1 Å². The zero-order valence-electron chi connectivity index (χ0n) is 6.75. The van der Waals surface area contributed by atoms with Gasteiger partial charge in [0.25, 0.3) is 0 Å². The van der Waals surface area contributed by atoms with Crippen molar-refractivity contribution < 1.29 is 98.1 Å². The van der Waals surface area contributed by atoms with Gasteiger partial charge in [0.15, 0.2) is 0 Å². The second-order valence-corrected chi connectivity index (χ2v) is 1.39. The van der Waals surface area contributed by atoms with Crippen LogP contribution in [0.5, 0.6) is 0 Å². The van der Waals surface area contributed by atoms with E-state index in [0.717, 1.165) is 5.56 Å². The van der Waals surface area contributed by atoms with Gasteiger partial charge in [0, 0.05) is 98.1 Å². The molecular formula is C8H9Y3-3. The summed E-state index contributed by atoms with van der Waals surface area (Å²) in [6.07, 6.45) is 0. The average Bonchev–Trinajstić information content (AvgIpc) is 1.69. The zero-order valence-corrected chi connectivity index (χ0v) is 15.3. The molecule has 0 bridgehead atoms. The first kappa shape index (κ1) is 23.3. The molecule has 1 aromatic rings. The van der Waals surface area contributed by atoms with Gasteiger partial charge in [0.05, 0.1) is 0 Å². The van der Waals surface area contributed by atoms with Crippen LogP contribution in [-0.4, -0.2) is 0 Å². The molecule has 0 saturated carbocycles. The average molecular weight is 372 g/mol. The largest absolute Gasteiger partial charge is 0.374 e. The Hall–Kier alpha value is 2.40. The minimum absolute atomic E-state index is 0. The van der Waals surface area contributed by atoms with E-state index in [1.54, 1.807) is 0 Å². The van der Waals surface area contributed by atoms with E-state index in [2.05, 4.69) is 13.0 Å². The molecule has 0 amide bonds. The summed E-state index contributed by atoms with van der Waals surface area (Å²) in [7, 11) is 0. The van der Waals surface area contributed by atoms with E-state index in [1.165, 1.54) is 0 Å². The first-order chi connectivity index (χ1) is 3.39. The normalized spacial score (nSPS) is 5.45. The van der Waals surface area contributed by atoms with E-state index in [4.69, 9.17) is 0 Å².